The lowest BCUT2D eigenvalue weighted by molar-refractivity contribution is 0.00762. The predicted molar refractivity (Wildman–Crippen MR) is 134 cm³/mol. The molecule has 8 nitrogen and oxygen atoms in total. The number of benzene rings is 1. The third-order valence-corrected chi connectivity index (χ3v) is 5.08. The van der Waals surface area contributed by atoms with E-state index >= 15 is 0 Å². The molecule has 188 valence electrons. The van der Waals surface area contributed by atoms with Crippen molar-refractivity contribution in [1.82, 2.24) is 4.98 Å². The highest BCUT2D eigenvalue weighted by molar-refractivity contribution is 5.70. The number of ether oxygens (including phenoxy) is 2. The molecule has 4 N–H and O–H groups in total. The lowest BCUT2D eigenvalue weighted by Crippen LogP contribution is -2.32. The number of aromatic hydroxyl groups is 1. The number of hydrogen-bond acceptors (Lipinski definition) is 8. The molecule has 2 aromatic rings. The first-order valence-electron chi connectivity index (χ1n) is 11.7. The van der Waals surface area contributed by atoms with Crippen LogP contribution >= 0.6 is 0 Å². The number of nitrogens with zero attached hydrogens (tertiary/aromatic N) is 2. The van der Waals surface area contributed by atoms with Crippen LogP contribution < -0.4 is 4.90 Å². The molecule has 34 heavy (non-hydrogen) atoms. The van der Waals surface area contributed by atoms with Crippen LogP contribution in [0.25, 0.3) is 12.2 Å². The normalized spacial score (nSPS) is 13.5. The highest BCUT2D eigenvalue weighted by Crippen LogP contribution is 2.17. The summed E-state index contributed by atoms with van der Waals surface area (Å²) in [6.07, 6.45) is 4.87. The van der Waals surface area contributed by atoms with Crippen LogP contribution in [-0.4, -0.2) is 83.7 Å². The van der Waals surface area contributed by atoms with Crippen LogP contribution in [0.4, 0.5) is 5.69 Å². The molecule has 2 atom stereocenters. The van der Waals surface area contributed by atoms with E-state index in [0.29, 0.717) is 45.2 Å². The average Bonchev–Trinajstić information content (AvgIpc) is 2.82. The number of rotatable bonds is 16. The molecule has 0 aliphatic heterocycles. The van der Waals surface area contributed by atoms with Crippen molar-refractivity contribution in [1.29, 1.82) is 0 Å². The molecule has 0 radical (unpaired) electrons. The first kappa shape index (κ1) is 27.8. The molecular formula is C26H38N2O6. The molecule has 2 unspecified atom stereocenters. The van der Waals surface area contributed by atoms with Gasteiger partial charge >= 0.3 is 0 Å². The van der Waals surface area contributed by atoms with Gasteiger partial charge in [-0.15, -0.1) is 0 Å². The second-order valence-electron chi connectivity index (χ2n) is 8.63. The number of anilines is 1. The molecule has 2 rings (SSSR count). The van der Waals surface area contributed by atoms with E-state index in [2.05, 4.69) is 23.7 Å². The third kappa shape index (κ3) is 11.1. The first-order chi connectivity index (χ1) is 16.4. The molecule has 0 aliphatic rings. The molecule has 0 bridgehead atoms. The maximum absolute atomic E-state index is 10.0. The van der Waals surface area contributed by atoms with Crippen LogP contribution in [0, 0.1) is 5.92 Å². The Bertz CT molecular complexity index is 826. The molecule has 0 saturated carbocycles. The summed E-state index contributed by atoms with van der Waals surface area (Å²) in [6.45, 7) is 6.26. The molecule has 1 aromatic carbocycles. The van der Waals surface area contributed by atoms with Crippen LogP contribution in [0.15, 0.2) is 42.6 Å². The summed E-state index contributed by atoms with van der Waals surface area (Å²) in [4.78, 5) is 5.99. The summed E-state index contributed by atoms with van der Waals surface area (Å²) in [5, 5.41) is 37.7. The van der Waals surface area contributed by atoms with Crippen molar-refractivity contribution in [3.8, 4) is 5.88 Å². The van der Waals surface area contributed by atoms with Gasteiger partial charge in [0.05, 0.1) is 39.1 Å². The zero-order valence-electron chi connectivity index (χ0n) is 20.1. The van der Waals surface area contributed by atoms with Crippen LogP contribution in [-0.2, 0) is 9.47 Å². The Morgan fingerprint density at radius 2 is 1.47 bits per heavy atom. The van der Waals surface area contributed by atoms with Crippen LogP contribution in [0.3, 0.4) is 0 Å². The maximum Gasteiger partial charge on any atom is 0.210 e. The van der Waals surface area contributed by atoms with E-state index in [1.807, 2.05) is 36.4 Å². The van der Waals surface area contributed by atoms with Gasteiger partial charge in [-0.3, -0.25) is 0 Å². The highest BCUT2D eigenvalue weighted by atomic mass is 16.5. The van der Waals surface area contributed by atoms with Gasteiger partial charge in [-0.1, -0.05) is 38.1 Å². The number of aliphatic hydroxyl groups excluding tert-OH is 3. The third-order valence-electron chi connectivity index (χ3n) is 5.08. The van der Waals surface area contributed by atoms with Crippen molar-refractivity contribution in [3.63, 3.8) is 0 Å². The Morgan fingerprint density at radius 1 is 0.882 bits per heavy atom. The molecule has 0 spiro atoms. The van der Waals surface area contributed by atoms with Crippen molar-refractivity contribution in [2.75, 3.05) is 51.0 Å². The summed E-state index contributed by atoms with van der Waals surface area (Å²) in [6, 6.07) is 11.4. The minimum atomic E-state index is -0.880. The summed E-state index contributed by atoms with van der Waals surface area (Å²) < 4.78 is 11.2. The fraction of sp³-hybridized carbons (Fsp3) is 0.500. The van der Waals surface area contributed by atoms with Crippen molar-refractivity contribution >= 4 is 17.8 Å². The Hall–Kier alpha value is -2.49. The van der Waals surface area contributed by atoms with Gasteiger partial charge in [0.2, 0.25) is 5.88 Å². The quantitative estimate of drug-likeness (QED) is 0.275. The number of hydrogen-bond donors (Lipinski definition) is 4. The van der Waals surface area contributed by atoms with E-state index in [9.17, 15) is 15.3 Å². The lowest BCUT2D eigenvalue weighted by Gasteiger charge is -2.25. The molecule has 8 heteroatoms. The van der Waals surface area contributed by atoms with Crippen molar-refractivity contribution in [2.24, 2.45) is 5.92 Å². The van der Waals surface area contributed by atoms with Gasteiger partial charge in [0.1, 0.15) is 6.10 Å². The summed E-state index contributed by atoms with van der Waals surface area (Å²) in [5.74, 6) is 0.411. The van der Waals surface area contributed by atoms with Crippen LogP contribution in [0.1, 0.15) is 31.4 Å². The molecular weight excluding hydrogens is 436 g/mol. The monoisotopic (exact) mass is 474 g/mol. The largest absolute Gasteiger partial charge is 0.493 e. The molecule has 0 aliphatic carbocycles. The first-order valence-corrected chi connectivity index (χ1v) is 11.7. The van der Waals surface area contributed by atoms with Crippen LogP contribution in [0.2, 0.25) is 0 Å². The van der Waals surface area contributed by atoms with E-state index in [1.54, 1.807) is 18.3 Å². The average molecular weight is 475 g/mol. The molecule has 0 amide bonds. The number of aromatic nitrogens is 1. The molecule has 1 aromatic heterocycles. The topological polar surface area (TPSA) is 116 Å². The molecule has 0 fully saturated rings. The molecule has 0 saturated heterocycles. The number of pyridine rings is 1. The Balaban J connectivity index is 1.93. The van der Waals surface area contributed by atoms with E-state index < -0.39 is 12.2 Å². The predicted octanol–water partition coefficient (Wildman–Crippen LogP) is 2.56. The highest BCUT2D eigenvalue weighted by Gasteiger charge is 2.10. The second-order valence-corrected chi connectivity index (χ2v) is 8.63. The Kier molecular flexibility index (Phi) is 12.6. The Labute approximate surface area is 202 Å². The minimum Gasteiger partial charge on any atom is -0.493 e. The maximum atomic E-state index is 10.0. The summed E-state index contributed by atoms with van der Waals surface area (Å²) in [5.41, 5.74) is 2.91. The number of aliphatic hydroxyl groups is 3. The van der Waals surface area contributed by atoms with Gasteiger partial charge in [0, 0.05) is 31.0 Å². The zero-order chi connectivity index (χ0) is 24.8. The van der Waals surface area contributed by atoms with Gasteiger partial charge in [0.15, 0.2) is 0 Å². The zero-order valence-corrected chi connectivity index (χ0v) is 20.1. The second kappa shape index (κ2) is 15.4. The van der Waals surface area contributed by atoms with Gasteiger partial charge in [0.25, 0.3) is 0 Å². The van der Waals surface area contributed by atoms with E-state index in [1.165, 1.54) is 0 Å². The van der Waals surface area contributed by atoms with E-state index in [-0.39, 0.29) is 19.1 Å². The van der Waals surface area contributed by atoms with Crippen molar-refractivity contribution < 1.29 is 29.9 Å². The molecule has 1 heterocycles. The lowest BCUT2D eigenvalue weighted by atomic mass is 10.1. The summed E-state index contributed by atoms with van der Waals surface area (Å²) >= 11 is 0. The Morgan fingerprint density at radius 3 is 2.03 bits per heavy atom. The minimum absolute atomic E-state index is 0.00476. The van der Waals surface area contributed by atoms with E-state index in [4.69, 9.17) is 14.6 Å². The fourth-order valence-corrected chi connectivity index (χ4v) is 3.31. The van der Waals surface area contributed by atoms with Gasteiger partial charge in [-0.2, -0.15) is 0 Å². The van der Waals surface area contributed by atoms with Crippen LogP contribution in [0.5, 0.6) is 5.88 Å². The smallest absolute Gasteiger partial charge is 0.210 e. The van der Waals surface area contributed by atoms with Gasteiger partial charge in [-0.25, -0.2) is 4.98 Å². The van der Waals surface area contributed by atoms with Crippen molar-refractivity contribution in [3.05, 3.63) is 53.7 Å². The van der Waals surface area contributed by atoms with E-state index in [0.717, 1.165) is 16.8 Å². The van der Waals surface area contributed by atoms with Gasteiger partial charge < -0.3 is 34.8 Å². The summed E-state index contributed by atoms with van der Waals surface area (Å²) in [7, 11) is 0. The van der Waals surface area contributed by atoms with Crippen molar-refractivity contribution in [2.45, 2.75) is 32.5 Å². The fourth-order valence-electron chi connectivity index (χ4n) is 3.31. The standard InChI is InChI=1S/C26H38N2O6/c1-20(2)15-24(30)18-33-13-11-28(12-14-34-19-25(31)17-29)23-8-5-21(6-9-23)3-4-22-7-10-26(32)27-16-22/h3-10,16,20,24-25,29-31H,11-15,17-19H2,1-2H3,(H,27,32)/b4-3+. The SMILES string of the molecule is CC(C)CC(O)COCCN(CCOCC(O)CO)c1ccc(/C=C/c2ccc(O)nc2)cc1. The van der Waals surface area contributed by atoms with Gasteiger partial charge in [-0.05, 0) is 41.7 Å².